The first-order valence-corrected chi connectivity index (χ1v) is 15.2. The van der Waals surface area contributed by atoms with Crippen molar-refractivity contribution in [1.29, 1.82) is 0 Å². The van der Waals surface area contributed by atoms with Crippen molar-refractivity contribution in [2.45, 2.75) is 0 Å². The summed E-state index contributed by atoms with van der Waals surface area (Å²) in [6.45, 7) is 0. The Morgan fingerprint density at radius 3 is 1.07 bits per heavy atom. The Hall–Kier alpha value is -5.37. The molecule has 44 heavy (non-hydrogen) atoms. The molecular weight excluding hydrogens is 554 g/mol. The molecule has 0 N–H and O–H groups in total. The molecule has 2 heteroatoms. The maximum absolute atomic E-state index is 6.65. The van der Waals surface area contributed by atoms with Gasteiger partial charge in [-0.1, -0.05) is 151 Å². The Morgan fingerprint density at radius 1 is 0.318 bits per heavy atom. The molecule has 0 aliphatic carbocycles. The van der Waals surface area contributed by atoms with Gasteiger partial charge in [-0.15, -0.1) is 0 Å². The molecule has 7 aromatic rings. The third-order valence-electron chi connectivity index (χ3n) is 7.97. The van der Waals surface area contributed by atoms with Crippen molar-refractivity contribution in [2.75, 3.05) is 4.90 Å². The largest absolute Gasteiger partial charge is 0.310 e. The van der Waals surface area contributed by atoms with E-state index in [9.17, 15) is 0 Å². The predicted octanol–water partition coefficient (Wildman–Crippen LogP) is 12.5. The summed E-state index contributed by atoms with van der Waals surface area (Å²) in [7, 11) is 0. The molecular formula is C42H30ClN. The zero-order valence-electron chi connectivity index (χ0n) is 24.1. The lowest BCUT2D eigenvalue weighted by atomic mass is 9.98. The zero-order valence-corrected chi connectivity index (χ0v) is 24.9. The minimum absolute atomic E-state index is 0.703. The third kappa shape index (κ3) is 5.79. The molecule has 1 nitrogen and oxygen atoms in total. The van der Waals surface area contributed by atoms with E-state index in [0.29, 0.717) is 5.02 Å². The van der Waals surface area contributed by atoms with Crippen molar-refractivity contribution >= 4 is 28.7 Å². The number of rotatable bonds is 7. The van der Waals surface area contributed by atoms with Crippen LogP contribution in [0.2, 0.25) is 5.02 Å². The highest BCUT2D eigenvalue weighted by Gasteiger charge is 2.18. The molecule has 7 aromatic carbocycles. The number of benzene rings is 7. The Kier molecular flexibility index (Phi) is 7.78. The van der Waals surface area contributed by atoms with Crippen LogP contribution in [0.5, 0.6) is 0 Å². The lowest BCUT2D eigenvalue weighted by Crippen LogP contribution is -2.11. The highest BCUT2D eigenvalue weighted by atomic mass is 35.5. The summed E-state index contributed by atoms with van der Waals surface area (Å²) in [6.07, 6.45) is 0. The lowest BCUT2D eigenvalue weighted by Gasteiger charge is -2.28. The summed E-state index contributed by atoms with van der Waals surface area (Å²) in [5.41, 5.74) is 12.5. The molecule has 0 aliphatic heterocycles. The standard InChI is InChI=1S/C42H30ClN/c43-38-24-29-42(41(30-38)37-18-16-34(17-19-37)31-10-4-1-5-11-31)44(39-25-20-35(21-26-39)32-12-6-2-7-13-32)40-27-22-36(23-28-40)33-14-8-3-9-15-33/h1-30H. The summed E-state index contributed by atoms with van der Waals surface area (Å²) in [5, 5.41) is 0.703. The average Bonchev–Trinajstić information content (AvgIpc) is 3.11. The summed E-state index contributed by atoms with van der Waals surface area (Å²) >= 11 is 6.65. The van der Waals surface area contributed by atoms with Gasteiger partial charge in [-0.3, -0.25) is 0 Å². The second-order valence-electron chi connectivity index (χ2n) is 10.8. The maximum Gasteiger partial charge on any atom is 0.0541 e. The van der Waals surface area contributed by atoms with Gasteiger partial charge in [0.25, 0.3) is 0 Å². The smallest absolute Gasteiger partial charge is 0.0541 e. The average molecular weight is 584 g/mol. The van der Waals surface area contributed by atoms with Gasteiger partial charge in [-0.05, 0) is 81.4 Å². The van der Waals surface area contributed by atoms with Gasteiger partial charge in [-0.25, -0.2) is 0 Å². The number of halogens is 1. The molecule has 0 atom stereocenters. The van der Waals surface area contributed by atoms with E-state index < -0.39 is 0 Å². The minimum Gasteiger partial charge on any atom is -0.310 e. The molecule has 0 saturated heterocycles. The van der Waals surface area contributed by atoms with E-state index >= 15 is 0 Å². The molecule has 0 amide bonds. The van der Waals surface area contributed by atoms with Gasteiger partial charge in [0.1, 0.15) is 0 Å². The lowest BCUT2D eigenvalue weighted by molar-refractivity contribution is 1.28. The number of hydrogen-bond acceptors (Lipinski definition) is 1. The Bertz CT molecular complexity index is 1880. The fraction of sp³-hybridized carbons (Fsp3) is 0. The monoisotopic (exact) mass is 583 g/mol. The second kappa shape index (κ2) is 12.5. The predicted molar refractivity (Wildman–Crippen MR) is 188 cm³/mol. The molecule has 0 radical (unpaired) electrons. The molecule has 0 saturated carbocycles. The van der Waals surface area contributed by atoms with Crippen LogP contribution < -0.4 is 4.90 Å². The summed E-state index contributed by atoms with van der Waals surface area (Å²) in [6, 6.07) is 63.9. The number of anilines is 3. The van der Waals surface area contributed by atoms with E-state index in [0.717, 1.165) is 28.2 Å². The highest BCUT2D eigenvalue weighted by Crippen LogP contribution is 2.43. The Labute approximate surface area is 264 Å². The van der Waals surface area contributed by atoms with Crippen LogP contribution in [0.4, 0.5) is 17.1 Å². The van der Waals surface area contributed by atoms with Gasteiger partial charge < -0.3 is 4.90 Å². The van der Waals surface area contributed by atoms with Crippen LogP contribution in [0.1, 0.15) is 0 Å². The quantitative estimate of drug-likeness (QED) is 0.180. The summed E-state index contributed by atoms with van der Waals surface area (Å²) in [5.74, 6) is 0. The van der Waals surface area contributed by atoms with Gasteiger partial charge in [0, 0.05) is 22.0 Å². The molecule has 7 rings (SSSR count). The topological polar surface area (TPSA) is 3.24 Å². The first-order valence-electron chi connectivity index (χ1n) is 14.8. The normalized spacial score (nSPS) is 10.8. The minimum atomic E-state index is 0.703. The van der Waals surface area contributed by atoms with Gasteiger partial charge in [0.05, 0.1) is 5.69 Å². The van der Waals surface area contributed by atoms with E-state index in [4.69, 9.17) is 11.6 Å². The van der Waals surface area contributed by atoms with E-state index in [-0.39, 0.29) is 0 Å². The Balaban J connectivity index is 1.34. The highest BCUT2D eigenvalue weighted by molar-refractivity contribution is 6.31. The summed E-state index contributed by atoms with van der Waals surface area (Å²) in [4.78, 5) is 2.32. The van der Waals surface area contributed by atoms with E-state index in [1.165, 1.54) is 33.4 Å². The van der Waals surface area contributed by atoms with Crippen molar-refractivity contribution in [1.82, 2.24) is 0 Å². The van der Waals surface area contributed by atoms with E-state index in [2.05, 4.69) is 163 Å². The SMILES string of the molecule is Clc1ccc(N(c2ccc(-c3ccccc3)cc2)c2ccc(-c3ccccc3)cc2)c(-c2ccc(-c3ccccc3)cc2)c1. The van der Waals surface area contributed by atoms with E-state index in [1.54, 1.807) is 0 Å². The molecule has 0 aliphatic rings. The first-order chi connectivity index (χ1) is 21.7. The van der Waals surface area contributed by atoms with Gasteiger partial charge in [-0.2, -0.15) is 0 Å². The summed E-state index contributed by atoms with van der Waals surface area (Å²) < 4.78 is 0. The number of hydrogen-bond donors (Lipinski definition) is 0. The maximum atomic E-state index is 6.65. The van der Waals surface area contributed by atoms with Gasteiger partial charge >= 0.3 is 0 Å². The van der Waals surface area contributed by atoms with Crippen LogP contribution in [0.15, 0.2) is 182 Å². The third-order valence-corrected chi connectivity index (χ3v) is 8.20. The van der Waals surface area contributed by atoms with Crippen molar-refractivity contribution < 1.29 is 0 Å². The van der Waals surface area contributed by atoms with Crippen molar-refractivity contribution in [3.8, 4) is 44.5 Å². The van der Waals surface area contributed by atoms with Crippen LogP contribution in [0.3, 0.4) is 0 Å². The van der Waals surface area contributed by atoms with Crippen LogP contribution >= 0.6 is 11.6 Å². The zero-order chi connectivity index (χ0) is 29.7. The van der Waals surface area contributed by atoms with Crippen molar-refractivity contribution in [3.05, 3.63) is 187 Å². The molecule has 0 fully saturated rings. The van der Waals surface area contributed by atoms with Crippen LogP contribution in [0.25, 0.3) is 44.5 Å². The van der Waals surface area contributed by atoms with Crippen molar-refractivity contribution in [3.63, 3.8) is 0 Å². The molecule has 0 spiro atoms. The Morgan fingerprint density at radius 2 is 0.659 bits per heavy atom. The molecule has 210 valence electrons. The number of nitrogens with zero attached hydrogens (tertiary/aromatic N) is 1. The van der Waals surface area contributed by atoms with Crippen LogP contribution in [-0.2, 0) is 0 Å². The van der Waals surface area contributed by atoms with Crippen molar-refractivity contribution in [2.24, 2.45) is 0 Å². The fourth-order valence-corrected chi connectivity index (χ4v) is 5.87. The van der Waals surface area contributed by atoms with Gasteiger partial charge in [0.2, 0.25) is 0 Å². The van der Waals surface area contributed by atoms with Gasteiger partial charge in [0.15, 0.2) is 0 Å². The van der Waals surface area contributed by atoms with E-state index in [1.807, 2.05) is 24.3 Å². The molecule has 0 bridgehead atoms. The first kappa shape index (κ1) is 27.5. The second-order valence-corrected chi connectivity index (χ2v) is 11.2. The van der Waals surface area contributed by atoms with Crippen LogP contribution in [0, 0.1) is 0 Å². The molecule has 0 heterocycles. The molecule has 0 aromatic heterocycles. The molecule has 0 unspecified atom stereocenters. The van der Waals surface area contributed by atoms with Crippen LogP contribution in [-0.4, -0.2) is 0 Å². The fourth-order valence-electron chi connectivity index (χ4n) is 5.70.